The van der Waals surface area contributed by atoms with Crippen LogP contribution >= 0.6 is 0 Å². The van der Waals surface area contributed by atoms with Crippen molar-refractivity contribution in [1.29, 1.82) is 0 Å². The molecule has 0 unspecified atom stereocenters. The molecule has 0 aromatic heterocycles. The van der Waals surface area contributed by atoms with E-state index in [2.05, 4.69) is 5.32 Å². The molecule has 1 aliphatic carbocycles. The van der Waals surface area contributed by atoms with Gasteiger partial charge in [0.25, 0.3) is 0 Å². The van der Waals surface area contributed by atoms with Crippen molar-refractivity contribution in [3.05, 3.63) is 18.2 Å². The predicted molar refractivity (Wildman–Crippen MR) is 80.5 cm³/mol. The summed E-state index contributed by atoms with van der Waals surface area (Å²) in [5, 5.41) is 13.5. The van der Waals surface area contributed by atoms with Gasteiger partial charge in [0.2, 0.25) is 0 Å². The van der Waals surface area contributed by atoms with Crippen molar-refractivity contribution in [3.63, 3.8) is 0 Å². The van der Waals surface area contributed by atoms with Crippen molar-refractivity contribution in [2.45, 2.75) is 42.6 Å². The maximum atomic E-state index is 11.4. The van der Waals surface area contributed by atoms with Crippen LogP contribution in [0.5, 0.6) is 0 Å². The van der Waals surface area contributed by atoms with Gasteiger partial charge in [0.1, 0.15) is 0 Å². The van der Waals surface area contributed by atoms with Crippen LogP contribution in [0.15, 0.2) is 23.1 Å². The van der Waals surface area contributed by atoms with Crippen molar-refractivity contribution in [3.8, 4) is 0 Å². The first kappa shape index (κ1) is 15.1. The Bertz CT molecular complexity index is 578. The molecular formula is C14H22N2O3S. The minimum Gasteiger partial charge on any atom is -0.397 e. The van der Waals surface area contributed by atoms with E-state index < -0.39 is 15.4 Å². The average Bonchev–Trinajstić information content (AvgIpc) is 2.37. The van der Waals surface area contributed by atoms with E-state index in [9.17, 15) is 13.5 Å². The van der Waals surface area contributed by atoms with Gasteiger partial charge >= 0.3 is 0 Å². The molecule has 0 atom stereocenters. The summed E-state index contributed by atoms with van der Waals surface area (Å²) < 4.78 is 22.9. The summed E-state index contributed by atoms with van der Waals surface area (Å²) in [6.07, 6.45) is 6.00. The fraction of sp³-hybridized carbons (Fsp3) is 0.571. The molecule has 4 N–H and O–H groups in total. The lowest BCUT2D eigenvalue weighted by Gasteiger charge is -2.32. The minimum absolute atomic E-state index is 0.205. The zero-order valence-electron chi connectivity index (χ0n) is 11.7. The van der Waals surface area contributed by atoms with Gasteiger partial charge in [0.05, 0.1) is 21.9 Å². The molecule has 5 nitrogen and oxygen atoms in total. The van der Waals surface area contributed by atoms with E-state index in [-0.39, 0.29) is 4.90 Å². The Morgan fingerprint density at radius 2 is 1.95 bits per heavy atom. The number of anilines is 2. The summed E-state index contributed by atoms with van der Waals surface area (Å²) in [4.78, 5) is 0.205. The molecular weight excluding hydrogens is 276 g/mol. The number of hydrogen-bond acceptors (Lipinski definition) is 5. The molecule has 0 spiro atoms. The maximum absolute atomic E-state index is 11.4. The highest BCUT2D eigenvalue weighted by Gasteiger charge is 2.28. The maximum Gasteiger partial charge on any atom is 0.175 e. The van der Waals surface area contributed by atoms with Crippen LogP contribution in [-0.2, 0) is 9.84 Å². The van der Waals surface area contributed by atoms with Gasteiger partial charge in [-0.05, 0) is 31.0 Å². The van der Waals surface area contributed by atoms with E-state index in [0.717, 1.165) is 31.9 Å². The van der Waals surface area contributed by atoms with Gasteiger partial charge in [0.15, 0.2) is 9.84 Å². The first-order chi connectivity index (χ1) is 9.30. The number of rotatable bonds is 4. The molecule has 1 fully saturated rings. The Morgan fingerprint density at radius 1 is 1.30 bits per heavy atom. The monoisotopic (exact) mass is 298 g/mol. The minimum atomic E-state index is -3.25. The number of nitrogens with two attached hydrogens (primary N) is 1. The SMILES string of the molecule is CS(=O)(=O)c1ccc(NCC2(O)CCCCC2)c(N)c1. The topological polar surface area (TPSA) is 92.4 Å². The van der Waals surface area contributed by atoms with Crippen molar-refractivity contribution in [2.75, 3.05) is 23.9 Å². The zero-order valence-corrected chi connectivity index (χ0v) is 12.5. The van der Waals surface area contributed by atoms with Crippen LogP contribution in [0.3, 0.4) is 0 Å². The van der Waals surface area contributed by atoms with Crippen LogP contribution in [-0.4, -0.2) is 31.9 Å². The van der Waals surface area contributed by atoms with E-state index in [1.807, 2.05) is 0 Å². The largest absolute Gasteiger partial charge is 0.397 e. The zero-order chi connectivity index (χ0) is 14.8. The highest BCUT2D eigenvalue weighted by molar-refractivity contribution is 7.90. The average molecular weight is 298 g/mol. The standard InChI is InChI=1S/C14H22N2O3S/c1-20(18,19)11-5-6-13(12(15)9-11)16-10-14(17)7-3-2-4-8-14/h5-6,9,16-17H,2-4,7-8,10,15H2,1H3. The summed E-state index contributed by atoms with van der Waals surface area (Å²) in [6, 6.07) is 4.62. The molecule has 1 aromatic rings. The van der Waals surface area contributed by atoms with Gasteiger partial charge in [-0.3, -0.25) is 0 Å². The number of sulfone groups is 1. The van der Waals surface area contributed by atoms with Crippen molar-refractivity contribution >= 4 is 21.2 Å². The van der Waals surface area contributed by atoms with Gasteiger partial charge < -0.3 is 16.2 Å². The summed E-state index contributed by atoms with van der Waals surface area (Å²) in [5.41, 5.74) is 6.23. The van der Waals surface area contributed by atoms with Crippen LogP contribution < -0.4 is 11.1 Å². The molecule has 0 bridgehead atoms. The summed E-state index contributed by atoms with van der Waals surface area (Å²) in [5.74, 6) is 0. The smallest absolute Gasteiger partial charge is 0.175 e. The van der Waals surface area contributed by atoms with E-state index in [1.54, 1.807) is 6.07 Å². The van der Waals surface area contributed by atoms with Crippen LogP contribution in [0.2, 0.25) is 0 Å². The van der Waals surface area contributed by atoms with Gasteiger partial charge in [-0.15, -0.1) is 0 Å². The van der Waals surface area contributed by atoms with Gasteiger partial charge in [-0.1, -0.05) is 19.3 Å². The number of nitrogen functional groups attached to an aromatic ring is 1. The predicted octanol–water partition coefficient (Wildman–Crippen LogP) is 1.78. The molecule has 6 heteroatoms. The molecule has 20 heavy (non-hydrogen) atoms. The lowest BCUT2D eigenvalue weighted by atomic mass is 9.85. The van der Waals surface area contributed by atoms with E-state index in [0.29, 0.717) is 17.9 Å². The Morgan fingerprint density at radius 3 is 2.50 bits per heavy atom. The second-order valence-electron chi connectivity index (χ2n) is 5.66. The second-order valence-corrected chi connectivity index (χ2v) is 7.68. The molecule has 1 aromatic carbocycles. The highest BCUT2D eigenvalue weighted by atomic mass is 32.2. The van der Waals surface area contributed by atoms with E-state index in [1.165, 1.54) is 18.6 Å². The molecule has 1 aliphatic rings. The van der Waals surface area contributed by atoms with Gasteiger partial charge in [0, 0.05) is 12.8 Å². The molecule has 1 saturated carbocycles. The Labute approximate surface area is 120 Å². The molecule has 112 valence electrons. The number of benzene rings is 1. The molecule has 0 radical (unpaired) electrons. The third kappa shape index (κ3) is 3.64. The Balaban J connectivity index is 2.07. The summed E-state index contributed by atoms with van der Waals surface area (Å²) >= 11 is 0. The Hall–Kier alpha value is -1.27. The highest BCUT2D eigenvalue weighted by Crippen LogP contribution is 2.29. The van der Waals surface area contributed by atoms with Crippen LogP contribution in [0.4, 0.5) is 11.4 Å². The van der Waals surface area contributed by atoms with E-state index in [4.69, 9.17) is 5.73 Å². The molecule has 2 rings (SSSR count). The lowest BCUT2D eigenvalue weighted by Crippen LogP contribution is -2.38. The Kier molecular flexibility index (Phi) is 4.25. The van der Waals surface area contributed by atoms with Crippen molar-refractivity contribution < 1.29 is 13.5 Å². The summed E-state index contributed by atoms with van der Waals surface area (Å²) in [6.45, 7) is 0.440. The number of aliphatic hydroxyl groups is 1. The first-order valence-corrected chi connectivity index (χ1v) is 8.75. The van der Waals surface area contributed by atoms with Gasteiger partial charge in [-0.2, -0.15) is 0 Å². The van der Waals surface area contributed by atoms with Gasteiger partial charge in [-0.25, -0.2) is 8.42 Å². The molecule has 0 saturated heterocycles. The molecule has 0 aliphatic heterocycles. The molecule has 0 amide bonds. The normalized spacial score (nSPS) is 18.7. The van der Waals surface area contributed by atoms with Crippen molar-refractivity contribution in [1.82, 2.24) is 0 Å². The first-order valence-electron chi connectivity index (χ1n) is 6.86. The number of hydrogen-bond donors (Lipinski definition) is 3. The second kappa shape index (κ2) is 5.61. The number of nitrogens with one attached hydrogen (secondary N) is 1. The van der Waals surface area contributed by atoms with Crippen LogP contribution in [0, 0.1) is 0 Å². The molecule has 0 heterocycles. The van der Waals surface area contributed by atoms with Crippen molar-refractivity contribution in [2.24, 2.45) is 0 Å². The van der Waals surface area contributed by atoms with Crippen LogP contribution in [0.25, 0.3) is 0 Å². The lowest BCUT2D eigenvalue weighted by molar-refractivity contribution is 0.0167. The third-order valence-electron chi connectivity index (χ3n) is 3.84. The fourth-order valence-electron chi connectivity index (χ4n) is 2.58. The van der Waals surface area contributed by atoms with Crippen LogP contribution in [0.1, 0.15) is 32.1 Å². The fourth-order valence-corrected chi connectivity index (χ4v) is 3.24. The third-order valence-corrected chi connectivity index (χ3v) is 4.95. The quantitative estimate of drug-likeness (QED) is 0.737. The summed E-state index contributed by atoms with van der Waals surface area (Å²) in [7, 11) is -3.25. The van der Waals surface area contributed by atoms with E-state index >= 15 is 0 Å².